The fourth-order valence-corrected chi connectivity index (χ4v) is 5.90. The van der Waals surface area contributed by atoms with Crippen LogP contribution in [0.2, 0.25) is 0 Å². The molecule has 1 aliphatic rings. The van der Waals surface area contributed by atoms with Crippen LogP contribution in [-0.2, 0) is 5.60 Å². The van der Waals surface area contributed by atoms with Gasteiger partial charge in [0.05, 0.1) is 17.4 Å². The molecule has 0 aliphatic carbocycles. The first kappa shape index (κ1) is 31.7. The second-order valence-corrected chi connectivity index (χ2v) is 11.7. The molecule has 236 valence electrons. The van der Waals surface area contributed by atoms with Gasteiger partial charge in [-0.2, -0.15) is 0 Å². The zero-order chi connectivity index (χ0) is 32.0. The topological polar surface area (TPSA) is 136 Å². The van der Waals surface area contributed by atoms with Gasteiger partial charge in [-0.15, -0.1) is 0 Å². The van der Waals surface area contributed by atoms with Crippen molar-refractivity contribution in [3.63, 3.8) is 0 Å². The van der Waals surface area contributed by atoms with E-state index in [2.05, 4.69) is 31.0 Å². The van der Waals surface area contributed by atoms with Crippen LogP contribution in [0.25, 0.3) is 0 Å². The van der Waals surface area contributed by atoms with Crippen LogP contribution >= 0.6 is 0 Å². The van der Waals surface area contributed by atoms with Gasteiger partial charge in [0, 0.05) is 26.2 Å². The molecule has 45 heavy (non-hydrogen) atoms. The van der Waals surface area contributed by atoms with Gasteiger partial charge in [-0.05, 0) is 63.9 Å². The molecule has 1 fully saturated rings. The summed E-state index contributed by atoms with van der Waals surface area (Å²) >= 11 is 0. The number of piperidine rings is 1. The second kappa shape index (κ2) is 13.9. The molecule has 0 saturated carbocycles. The summed E-state index contributed by atoms with van der Waals surface area (Å²) in [5, 5.41) is 24.7. The van der Waals surface area contributed by atoms with Crippen LogP contribution in [0, 0.1) is 19.8 Å². The van der Waals surface area contributed by atoms with E-state index in [0.717, 1.165) is 11.1 Å². The zero-order valence-electron chi connectivity index (χ0n) is 26.2. The summed E-state index contributed by atoms with van der Waals surface area (Å²) in [5.41, 5.74) is 2.36. The molecule has 0 spiro atoms. The maximum atomic E-state index is 13.5. The Kier molecular flexibility index (Phi) is 9.80. The number of aromatic nitrogens is 2. The van der Waals surface area contributed by atoms with Crippen LogP contribution in [0.4, 0.5) is 22.0 Å². The largest absolute Gasteiger partial charge is 0.380 e. The van der Waals surface area contributed by atoms with Crippen LogP contribution in [-0.4, -0.2) is 72.4 Å². The molecule has 3 heterocycles. The highest BCUT2D eigenvalue weighted by Gasteiger charge is 2.42. The first-order valence-corrected chi connectivity index (χ1v) is 15.2. The van der Waals surface area contributed by atoms with Crippen molar-refractivity contribution in [2.45, 2.75) is 32.3 Å². The van der Waals surface area contributed by atoms with Crippen molar-refractivity contribution < 1.29 is 19.2 Å². The lowest BCUT2D eigenvalue weighted by molar-refractivity contribution is 0.00498. The van der Waals surface area contributed by atoms with Gasteiger partial charge in [0.25, 0.3) is 5.91 Å². The Balaban J connectivity index is 1.37. The van der Waals surface area contributed by atoms with E-state index in [-0.39, 0.29) is 11.8 Å². The number of carbonyl (C=O) groups is 2. The molecule has 1 aliphatic heterocycles. The Labute approximate surface area is 263 Å². The fraction of sp³-hybridized carbons (Fsp3) is 0.353. The van der Waals surface area contributed by atoms with E-state index in [1.165, 1.54) is 0 Å². The predicted molar refractivity (Wildman–Crippen MR) is 175 cm³/mol. The number of carbonyl (C=O) groups excluding carboxylic acids is 2. The monoisotopic (exact) mass is 611 g/mol. The number of aryl methyl sites for hydroxylation is 2. The maximum absolute atomic E-state index is 13.5. The quantitative estimate of drug-likeness (QED) is 0.201. The summed E-state index contributed by atoms with van der Waals surface area (Å²) in [6.45, 7) is 5.77. The van der Waals surface area contributed by atoms with Crippen LogP contribution in [0.3, 0.4) is 0 Å². The summed E-state index contributed by atoms with van der Waals surface area (Å²) < 4.78 is 5.13. The summed E-state index contributed by atoms with van der Waals surface area (Å²) in [4.78, 5) is 35.0. The number of likely N-dealkylation sites (N-methyl/N-ethyl adjacent to an activating group) is 1. The molecule has 0 unspecified atom stereocenters. The van der Waals surface area contributed by atoms with E-state index in [0.29, 0.717) is 73.2 Å². The number of aliphatic hydroxyl groups is 1. The molecular weight excluding hydrogens is 570 g/mol. The minimum atomic E-state index is -1.16. The second-order valence-electron chi connectivity index (χ2n) is 11.7. The third kappa shape index (κ3) is 7.16. The molecule has 0 bridgehead atoms. The van der Waals surface area contributed by atoms with Crippen molar-refractivity contribution in [3.05, 3.63) is 101 Å². The van der Waals surface area contributed by atoms with Crippen LogP contribution < -0.4 is 20.9 Å². The van der Waals surface area contributed by atoms with E-state index in [1.54, 1.807) is 26.1 Å². The molecule has 0 atom stereocenters. The number of anilines is 3. The van der Waals surface area contributed by atoms with Crippen LogP contribution in [0.5, 0.6) is 0 Å². The average Bonchev–Trinajstić information content (AvgIpc) is 3.37. The van der Waals surface area contributed by atoms with Gasteiger partial charge in [0.2, 0.25) is 0 Å². The molecular formula is C34H41N7O4. The standard InChI is InChI=1S/C34H41N7O4/c1-23-30(24(2)45-39-23)38-33(43)37-28-21-29(32(42)35-17-20-40(3)4)31(36-22-28)41-18-15-27(16-19-41)34(44,25-11-7-5-8-12-25)26-13-9-6-10-14-26/h5-14,21-22,27,44H,15-20H2,1-4H3,(H,35,42)(H2,37,38,43). The first-order valence-electron chi connectivity index (χ1n) is 15.2. The maximum Gasteiger partial charge on any atom is 0.323 e. The highest BCUT2D eigenvalue weighted by atomic mass is 16.5. The number of nitrogens with zero attached hydrogens (tertiary/aromatic N) is 4. The minimum absolute atomic E-state index is 0.0510. The molecule has 1 saturated heterocycles. The SMILES string of the molecule is Cc1noc(C)c1NC(=O)Nc1cnc(N2CCC(C(O)(c3ccccc3)c3ccccc3)CC2)c(C(=O)NCCN(C)C)c1. The number of nitrogens with one attached hydrogen (secondary N) is 3. The van der Waals surface area contributed by atoms with Gasteiger partial charge in [0.15, 0.2) is 5.76 Å². The van der Waals surface area contributed by atoms with Gasteiger partial charge in [-0.25, -0.2) is 9.78 Å². The minimum Gasteiger partial charge on any atom is -0.380 e. The molecule has 0 radical (unpaired) electrons. The molecule has 5 rings (SSSR count). The zero-order valence-corrected chi connectivity index (χ0v) is 26.2. The van der Waals surface area contributed by atoms with E-state index in [9.17, 15) is 14.7 Å². The van der Waals surface area contributed by atoms with Crippen molar-refractivity contribution in [3.8, 4) is 0 Å². The number of amides is 3. The lowest BCUT2D eigenvalue weighted by Gasteiger charge is -2.43. The number of pyridine rings is 1. The van der Waals surface area contributed by atoms with Gasteiger partial charge >= 0.3 is 6.03 Å². The number of hydrogen-bond acceptors (Lipinski definition) is 8. The fourth-order valence-electron chi connectivity index (χ4n) is 5.90. The van der Waals surface area contributed by atoms with E-state index in [1.807, 2.05) is 79.7 Å². The highest BCUT2D eigenvalue weighted by Crippen LogP contribution is 2.42. The average molecular weight is 612 g/mol. The third-order valence-electron chi connectivity index (χ3n) is 8.30. The number of benzene rings is 2. The summed E-state index contributed by atoms with van der Waals surface area (Å²) in [6, 6.07) is 20.8. The van der Waals surface area contributed by atoms with Crippen molar-refractivity contribution in [2.75, 3.05) is 55.8 Å². The van der Waals surface area contributed by atoms with Crippen molar-refractivity contribution >= 4 is 29.1 Å². The Hall–Kier alpha value is -4.74. The molecule has 11 heteroatoms. The number of hydrogen-bond donors (Lipinski definition) is 4. The van der Waals surface area contributed by atoms with E-state index >= 15 is 0 Å². The molecule has 4 N–H and O–H groups in total. The van der Waals surface area contributed by atoms with Crippen molar-refractivity contribution in [1.29, 1.82) is 0 Å². The van der Waals surface area contributed by atoms with Crippen LogP contribution in [0.15, 0.2) is 77.4 Å². The predicted octanol–water partition coefficient (Wildman–Crippen LogP) is 4.77. The Morgan fingerprint density at radius 1 is 1.00 bits per heavy atom. The smallest absolute Gasteiger partial charge is 0.323 e. The van der Waals surface area contributed by atoms with E-state index in [4.69, 9.17) is 4.52 Å². The Bertz CT molecular complexity index is 1540. The lowest BCUT2D eigenvalue weighted by atomic mass is 9.72. The molecule has 3 amide bonds. The van der Waals surface area contributed by atoms with Crippen molar-refractivity contribution in [1.82, 2.24) is 20.4 Å². The first-order chi connectivity index (χ1) is 21.7. The number of rotatable bonds is 10. The summed E-state index contributed by atoms with van der Waals surface area (Å²) in [5.74, 6) is 0.702. The molecule has 2 aromatic carbocycles. The van der Waals surface area contributed by atoms with E-state index < -0.39 is 11.6 Å². The third-order valence-corrected chi connectivity index (χ3v) is 8.30. The Morgan fingerprint density at radius 3 is 2.18 bits per heavy atom. The summed E-state index contributed by atoms with van der Waals surface area (Å²) in [6.07, 6.45) is 2.92. The lowest BCUT2D eigenvalue weighted by Crippen LogP contribution is -2.45. The number of urea groups is 1. The normalized spacial score (nSPS) is 14.0. The molecule has 2 aromatic heterocycles. The highest BCUT2D eigenvalue weighted by molar-refractivity contribution is 6.03. The molecule has 11 nitrogen and oxygen atoms in total. The van der Waals surface area contributed by atoms with Gasteiger partial charge in [0.1, 0.15) is 22.8 Å². The summed E-state index contributed by atoms with van der Waals surface area (Å²) in [7, 11) is 3.88. The van der Waals surface area contributed by atoms with Gasteiger partial charge in [-0.1, -0.05) is 65.8 Å². The molecule has 4 aromatic rings. The van der Waals surface area contributed by atoms with Crippen molar-refractivity contribution in [2.24, 2.45) is 5.92 Å². The van der Waals surface area contributed by atoms with Crippen LogP contribution in [0.1, 0.15) is 45.8 Å². The Morgan fingerprint density at radius 2 is 1.62 bits per heavy atom. The van der Waals surface area contributed by atoms with Gasteiger partial charge < -0.3 is 35.4 Å². The van der Waals surface area contributed by atoms with Gasteiger partial charge in [-0.3, -0.25) is 4.79 Å².